The van der Waals surface area contributed by atoms with Gasteiger partial charge in [0.1, 0.15) is 13.2 Å². The monoisotopic (exact) mass is 509 g/mol. The predicted molar refractivity (Wildman–Crippen MR) is 119 cm³/mol. The maximum absolute atomic E-state index is 6.31. The SMILES string of the molecule is CN=C(NCc1cc(Cl)c2c(c1)OCCO2)N(C)CCC1CCOCC1.I. The Bertz CT molecular complexity index is 639. The first kappa shape index (κ1) is 22.4. The Morgan fingerprint density at radius 3 is 2.70 bits per heavy atom. The summed E-state index contributed by atoms with van der Waals surface area (Å²) in [5.74, 6) is 2.98. The highest BCUT2D eigenvalue weighted by Gasteiger charge is 2.18. The summed E-state index contributed by atoms with van der Waals surface area (Å²) >= 11 is 6.31. The molecular weight excluding hydrogens is 481 g/mol. The zero-order valence-corrected chi connectivity index (χ0v) is 19.1. The molecule has 0 aliphatic carbocycles. The number of hydrogen-bond acceptors (Lipinski definition) is 4. The Kier molecular flexibility index (Phi) is 9.25. The van der Waals surface area contributed by atoms with E-state index in [0.29, 0.717) is 36.3 Å². The van der Waals surface area contributed by atoms with Crippen LogP contribution in [0.25, 0.3) is 0 Å². The van der Waals surface area contributed by atoms with Gasteiger partial charge in [0.05, 0.1) is 5.02 Å². The molecule has 0 amide bonds. The van der Waals surface area contributed by atoms with Gasteiger partial charge < -0.3 is 24.4 Å². The van der Waals surface area contributed by atoms with Gasteiger partial charge in [0.15, 0.2) is 17.5 Å². The third-order valence-corrected chi connectivity index (χ3v) is 5.17. The number of halogens is 2. The van der Waals surface area contributed by atoms with E-state index < -0.39 is 0 Å². The van der Waals surface area contributed by atoms with Crippen LogP contribution in [-0.4, -0.2) is 57.9 Å². The standard InChI is InChI=1S/C19H28ClN3O3.HI/c1-21-19(23(2)6-3-14-4-7-24-8-5-14)22-13-15-11-16(20)18-17(12-15)25-9-10-26-18;/h11-12,14H,3-10,13H2,1-2H3,(H,21,22);1H. The van der Waals surface area contributed by atoms with Crippen LogP contribution in [0.2, 0.25) is 5.02 Å². The first-order valence-electron chi connectivity index (χ1n) is 9.25. The van der Waals surface area contributed by atoms with E-state index in [4.69, 9.17) is 25.8 Å². The summed E-state index contributed by atoms with van der Waals surface area (Å²) in [4.78, 5) is 6.57. The first-order valence-corrected chi connectivity index (χ1v) is 9.62. The zero-order valence-electron chi connectivity index (χ0n) is 16.0. The number of rotatable bonds is 5. The number of fused-ring (bicyclic) bond motifs is 1. The molecule has 2 aliphatic heterocycles. The molecule has 27 heavy (non-hydrogen) atoms. The molecular formula is C19H29ClIN3O3. The number of guanidine groups is 1. The molecule has 0 bridgehead atoms. The summed E-state index contributed by atoms with van der Waals surface area (Å²) in [5.41, 5.74) is 1.04. The van der Waals surface area contributed by atoms with Crippen LogP contribution < -0.4 is 14.8 Å². The molecule has 8 heteroatoms. The van der Waals surface area contributed by atoms with Crippen LogP contribution in [0, 0.1) is 5.92 Å². The maximum Gasteiger partial charge on any atom is 0.193 e. The van der Waals surface area contributed by atoms with Crippen LogP contribution >= 0.6 is 35.6 Å². The topological polar surface area (TPSA) is 55.3 Å². The van der Waals surface area contributed by atoms with Gasteiger partial charge in [-0.05, 0) is 42.9 Å². The van der Waals surface area contributed by atoms with E-state index in [9.17, 15) is 0 Å². The van der Waals surface area contributed by atoms with Crippen LogP contribution in [0.3, 0.4) is 0 Å². The van der Waals surface area contributed by atoms with Crippen molar-refractivity contribution in [1.29, 1.82) is 0 Å². The van der Waals surface area contributed by atoms with Crippen molar-refractivity contribution in [2.75, 3.05) is 47.1 Å². The molecule has 0 aromatic heterocycles. The van der Waals surface area contributed by atoms with E-state index in [1.165, 1.54) is 0 Å². The molecule has 1 aromatic carbocycles. The fraction of sp³-hybridized carbons (Fsp3) is 0.632. The minimum Gasteiger partial charge on any atom is -0.486 e. The number of nitrogens with zero attached hydrogens (tertiary/aromatic N) is 2. The van der Waals surface area contributed by atoms with Gasteiger partial charge in [-0.1, -0.05) is 11.6 Å². The van der Waals surface area contributed by atoms with Crippen molar-refractivity contribution >= 4 is 41.5 Å². The van der Waals surface area contributed by atoms with E-state index in [2.05, 4.69) is 22.3 Å². The second-order valence-corrected chi connectivity index (χ2v) is 7.18. The predicted octanol–water partition coefficient (Wildman–Crippen LogP) is 3.55. The van der Waals surface area contributed by atoms with Gasteiger partial charge in [0, 0.05) is 40.4 Å². The fourth-order valence-corrected chi connectivity index (χ4v) is 3.64. The smallest absolute Gasteiger partial charge is 0.193 e. The molecule has 152 valence electrons. The lowest BCUT2D eigenvalue weighted by molar-refractivity contribution is 0.0625. The maximum atomic E-state index is 6.31. The first-order chi connectivity index (χ1) is 12.7. The van der Waals surface area contributed by atoms with Crippen molar-refractivity contribution in [3.05, 3.63) is 22.7 Å². The van der Waals surface area contributed by atoms with Crippen molar-refractivity contribution in [2.24, 2.45) is 10.9 Å². The number of benzene rings is 1. The van der Waals surface area contributed by atoms with Crippen molar-refractivity contribution in [2.45, 2.75) is 25.8 Å². The molecule has 3 rings (SSSR count). The molecule has 0 spiro atoms. The Balaban J connectivity index is 0.00000261. The van der Waals surface area contributed by atoms with Crippen LogP contribution in [-0.2, 0) is 11.3 Å². The largest absolute Gasteiger partial charge is 0.486 e. The zero-order chi connectivity index (χ0) is 18.4. The van der Waals surface area contributed by atoms with Gasteiger partial charge in [-0.2, -0.15) is 0 Å². The number of hydrogen-bond donors (Lipinski definition) is 1. The van der Waals surface area contributed by atoms with E-state index in [1.807, 2.05) is 19.2 Å². The number of aliphatic imine (C=N–C) groups is 1. The Morgan fingerprint density at radius 1 is 1.22 bits per heavy atom. The normalized spacial score (nSPS) is 17.2. The molecule has 1 aromatic rings. The van der Waals surface area contributed by atoms with E-state index in [0.717, 1.165) is 56.5 Å². The highest BCUT2D eigenvalue weighted by atomic mass is 127. The lowest BCUT2D eigenvalue weighted by Gasteiger charge is -2.27. The Hall–Kier alpha value is -0.930. The third-order valence-electron chi connectivity index (χ3n) is 4.89. The van der Waals surface area contributed by atoms with E-state index in [-0.39, 0.29) is 24.0 Å². The average Bonchev–Trinajstić information content (AvgIpc) is 2.68. The van der Waals surface area contributed by atoms with Crippen molar-refractivity contribution in [3.8, 4) is 11.5 Å². The molecule has 0 radical (unpaired) electrons. The average molecular weight is 510 g/mol. The summed E-state index contributed by atoms with van der Waals surface area (Å²) in [7, 11) is 3.88. The fourth-order valence-electron chi connectivity index (χ4n) is 3.35. The molecule has 1 N–H and O–H groups in total. The summed E-state index contributed by atoms with van der Waals surface area (Å²) < 4.78 is 16.6. The van der Waals surface area contributed by atoms with Crippen LogP contribution in [0.15, 0.2) is 17.1 Å². The molecule has 0 atom stereocenters. The van der Waals surface area contributed by atoms with Gasteiger partial charge in [-0.25, -0.2) is 0 Å². The molecule has 2 heterocycles. The lowest BCUT2D eigenvalue weighted by Crippen LogP contribution is -2.39. The van der Waals surface area contributed by atoms with Crippen LogP contribution in [0.4, 0.5) is 0 Å². The van der Waals surface area contributed by atoms with Gasteiger partial charge in [0.25, 0.3) is 0 Å². The van der Waals surface area contributed by atoms with Gasteiger partial charge >= 0.3 is 0 Å². The number of ether oxygens (including phenoxy) is 3. The second kappa shape index (κ2) is 11.2. The molecule has 2 aliphatic rings. The summed E-state index contributed by atoms with van der Waals surface area (Å²) in [6.07, 6.45) is 3.49. The lowest BCUT2D eigenvalue weighted by atomic mass is 9.96. The highest BCUT2D eigenvalue weighted by molar-refractivity contribution is 14.0. The summed E-state index contributed by atoms with van der Waals surface area (Å²) in [5, 5.41) is 3.99. The second-order valence-electron chi connectivity index (χ2n) is 6.77. The quantitative estimate of drug-likeness (QED) is 0.374. The van der Waals surface area contributed by atoms with E-state index >= 15 is 0 Å². The molecule has 1 saturated heterocycles. The summed E-state index contributed by atoms with van der Waals surface area (Å²) in [6, 6.07) is 3.89. The van der Waals surface area contributed by atoms with Gasteiger partial charge in [0.2, 0.25) is 0 Å². The molecule has 0 unspecified atom stereocenters. The molecule has 6 nitrogen and oxygen atoms in total. The van der Waals surface area contributed by atoms with E-state index in [1.54, 1.807) is 0 Å². The minimum absolute atomic E-state index is 0. The van der Waals surface area contributed by atoms with Crippen molar-refractivity contribution < 1.29 is 14.2 Å². The Morgan fingerprint density at radius 2 is 1.96 bits per heavy atom. The molecule has 0 saturated carbocycles. The van der Waals surface area contributed by atoms with Crippen LogP contribution in [0.1, 0.15) is 24.8 Å². The number of nitrogens with one attached hydrogen (secondary N) is 1. The van der Waals surface area contributed by atoms with Gasteiger partial charge in [-0.3, -0.25) is 4.99 Å². The van der Waals surface area contributed by atoms with Crippen molar-refractivity contribution in [3.63, 3.8) is 0 Å². The molecule has 1 fully saturated rings. The Labute approximate surface area is 183 Å². The minimum atomic E-state index is 0. The highest BCUT2D eigenvalue weighted by Crippen LogP contribution is 2.38. The van der Waals surface area contributed by atoms with Crippen molar-refractivity contribution in [1.82, 2.24) is 10.2 Å². The van der Waals surface area contributed by atoms with Crippen LogP contribution in [0.5, 0.6) is 11.5 Å². The summed E-state index contributed by atoms with van der Waals surface area (Å²) in [6.45, 7) is 4.49. The third kappa shape index (κ3) is 6.29. The van der Waals surface area contributed by atoms with Gasteiger partial charge in [-0.15, -0.1) is 24.0 Å².